The third-order valence-electron chi connectivity index (χ3n) is 2.70. The minimum atomic E-state index is 0.507. The Hall–Kier alpha value is -1.39. The average Bonchev–Trinajstić information content (AvgIpc) is 2.40. The van der Waals surface area contributed by atoms with Crippen LogP contribution in [0.3, 0.4) is 0 Å². The van der Waals surface area contributed by atoms with Gasteiger partial charge in [-0.2, -0.15) is 0 Å². The van der Waals surface area contributed by atoms with E-state index in [4.69, 9.17) is 0 Å². The van der Waals surface area contributed by atoms with Crippen molar-refractivity contribution in [1.82, 2.24) is 15.3 Å². The topological polar surface area (TPSA) is 37.8 Å². The van der Waals surface area contributed by atoms with Crippen LogP contribution in [0.5, 0.6) is 0 Å². The number of nitrogens with zero attached hydrogens (tertiary/aromatic N) is 2. The standard InChI is InChI=1S/C15H19N3S/c1-11(2)18-10-13-5-6-14(12(3)9-13)19-15-16-7-4-8-17-15/h4-9,11,18H,10H2,1-3H3. The molecule has 0 fully saturated rings. The molecule has 3 nitrogen and oxygen atoms in total. The quantitative estimate of drug-likeness (QED) is 0.847. The van der Waals surface area contributed by atoms with E-state index in [2.05, 4.69) is 54.3 Å². The predicted molar refractivity (Wildman–Crippen MR) is 79.3 cm³/mol. The third-order valence-corrected chi connectivity index (χ3v) is 3.77. The van der Waals surface area contributed by atoms with Gasteiger partial charge in [-0.25, -0.2) is 9.97 Å². The van der Waals surface area contributed by atoms with Crippen molar-refractivity contribution in [2.45, 2.75) is 43.4 Å². The molecule has 0 bridgehead atoms. The Bertz CT molecular complexity index is 526. The highest BCUT2D eigenvalue weighted by molar-refractivity contribution is 7.99. The van der Waals surface area contributed by atoms with Crippen LogP contribution in [0, 0.1) is 6.92 Å². The number of benzene rings is 1. The van der Waals surface area contributed by atoms with Gasteiger partial charge < -0.3 is 5.32 Å². The van der Waals surface area contributed by atoms with Crippen LogP contribution in [0.25, 0.3) is 0 Å². The molecule has 1 N–H and O–H groups in total. The molecule has 0 unspecified atom stereocenters. The van der Waals surface area contributed by atoms with Crippen molar-refractivity contribution in [3.05, 3.63) is 47.8 Å². The number of hydrogen-bond acceptors (Lipinski definition) is 4. The Labute approximate surface area is 118 Å². The van der Waals surface area contributed by atoms with Crippen LogP contribution in [-0.2, 0) is 6.54 Å². The van der Waals surface area contributed by atoms with Crippen LogP contribution in [0.2, 0.25) is 0 Å². The van der Waals surface area contributed by atoms with Crippen LogP contribution < -0.4 is 5.32 Å². The lowest BCUT2D eigenvalue weighted by Gasteiger charge is -2.10. The molecule has 0 saturated carbocycles. The molecule has 1 aromatic heterocycles. The monoisotopic (exact) mass is 273 g/mol. The number of rotatable bonds is 5. The van der Waals surface area contributed by atoms with Gasteiger partial charge in [0.2, 0.25) is 0 Å². The number of hydrogen-bond donors (Lipinski definition) is 1. The van der Waals surface area contributed by atoms with Gasteiger partial charge in [0.25, 0.3) is 0 Å². The van der Waals surface area contributed by atoms with Gasteiger partial charge in [-0.3, -0.25) is 0 Å². The SMILES string of the molecule is Cc1cc(CNC(C)C)ccc1Sc1ncccn1. The summed E-state index contributed by atoms with van der Waals surface area (Å²) in [6.45, 7) is 7.35. The summed E-state index contributed by atoms with van der Waals surface area (Å²) < 4.78 is 0. The van der Waals surface area contributed by atoms with Crippen molar-refractivity contribution < 1.29 is 0 Å². The van der Waals surface area contributed by atoms with Crippen molar-refractivity contribution in [2.75, 3.05) is 0 Å². The Balaban J connectivity index is 2.07. The molecule has 0 spiro atoms. The second kappa shape index (κ2) is 6.68. The van der Waals surface area contributed by atoms with E-state index in [0.717, 1.165) is 11.7 Å². The fraction of sp³-hybridized carbons (Fsp3) is 0.333. The molecule has 19 heavy (non-hydrogen) atoms. The normalized spacial score (nSPS) is 10.9. The van der Waals surface area contributed by atoms with E-state index in [9.17, 15) is 0 Å². The van der Waals surface area contributed by atoms with Gasteiger partial charge in [-0.05, 0) is 41.9 Å². The molecule has 0 atom stereocenters. The van der Waals surface area contributed by atoms with Crippen LogP contribution in [0.15, 0.2) is 46.7 Å². The first-order chi connectivity index (χ1) is 9.15. The van der Waals surface area contributed by atoms with Crippen LogP contribution in [-0.4, -0.2) is 16.0 Å². The van der Waals surface area contributed by atoms with Gasteiger partial charge in [0.05, 0.1) is 0 Å². The Morgan fingerprint density at radius 3 is 2.58 bits per heavy atom. The number of aromatic nitrogens is 2. The van der Waals surface area contributed by atoms with Gasteiger partial charge in [0.15, 0.2) is 5.16 Å². The van der Waals surface area contributed by atoms with Crippen molar-refractivity contribution in [3.8, 4) is 0 Å². The predicted octanol–water partition coefficient (Wildman–Crippen LogP) is 3.43. The molecular weight excluding hydrogens is 254 g/mol. The molecule has 2 rings (SSSR count). The zero-order valence-corrected chi connectivity index (χ0v) is 12.4. The lowest BCUT2D eigenvalue weighted by Crippen LogP contribution is -2.21. The first-order valence-corrected chi connectivity index (χ1v) is 7.24. The van der Waals surface area contributed by atoms with E-state index in [1.807, 2.05) is 6.07 Å². The molecular formula is C15H19N3S. The van der Waals surface area contributed by atoms with E-state index in [1.165, 1.54) is 16.0 Å². The first kappa shape index (κ1) is 14.0. The maximum Gasteiger partial charge on any atom is 0.192 e. The zero-order chi connectivity index (χ0) is 13.7. The number of nitrogens with one attached hydrogen (secondary N) is 1. The molecule has 1 heterocycles. The second-order valence-corrected chi connectivity index (χ2v) is 5.78. The molecule has 0 saturated heterocycles. The highest BCUT2D eigenvalue weighted by Gasteiger charge is 2.04. The maximum absolute atomic E-state index is 4.24. The lowest BCUT2D eigenvalue weighted by molar-refractivity contribution is 0.588. The van der Waals surface area contributed by atoms with E-state index < -0.39 is 0 Å². The highest BCUT2D eigenvalue weighted by Crippen LogP contribution is 2.27. The van der Waals surface area contributed by atoms with Crippen LogP contribution >= 0.6 is 11.8 Å². The molecule has 0 aliphatic carbocycles. The van der Waals surface area contributed by atoms with Crippen molar-refractivity contribution in [3.63, 3.8) is 0 Å². The smallest absolute Gasteiger partial charge is 0.192 e. The summed E-state index contributed by atoms with van der Waals surface area (Å²) in [7, 11) is 0. The molecule has 100 valence electrons. The molecule has 1 aromatic carbocycles. The van der Waals surface area contributed by atoms with Crippen molar-refractivity contribution in [1.29, 1.82) is 0 Å². The molecule has 4 heteroatoms. The van der Waals surface area contributed by atoms with E-state index >= 15 is 0 Å². The fourth-order valence-corrected chi connectivity index (χ4v) is 2.47. The van der Waals surface area contributed by atoms with Gasteiger partial charge in [0.1, 0.15) is 0 Å². The summed E-state index contributed by atoms with van der Waals surface area (Å²) in [5, 5.41) is 4.22. The van der Waals surface area contributed by atoms with Gasteiger partial charge in [-0.1, -0.05) is 26.0 Å². The summed E-state index contributed by atoms with van der Waals surface area (Å²) in [5.74, 6) is 0. The molecule has 0 aliphatic heterocycles. The summed E-state index contributed by atoms with van der Waals surface area (Å²) in [6.07, 6.45) is 3.54. The minimum absolute atomic E-state index is 0.507. The van der Waals surface area contributed by atoms with Crippen LogP contribution in [0.4, 0.5) is 0 Å². The van der Waals surface area contributed by atoms with Gasteiger partial charge in [0, 0.05) is 29.9 Å². The molecule has 0 aliphatic rings. The van der Waals surface area contributed by atoms with E-state index in [1.54, 1.807) is 24.2 Å². The maximum atomic E-state index is 4.24. The molecule has 2 aromatic rings. The van der Waals surface area contributed by atoms with Crippen LogP contribution in [0.1, 0.15) is 25.0 Å². The Morgan fingerprint density at radius 2 is 1.95 bits per heavy atom. The number of aryl methyl sites for hydroxylation is 1. The fourth-order valence-electron chi connectivity index (χ4n) is 1.69. The summed E-state index contributed by atoms with van der Waals surface area (Å²) in [4.78, 5) is 9.68. The highest BCUT2D eigenvalue weighted by atomic mass is 32.2. The van der Waals surface area contributed by atoms with Crippen molar-refractivity contribution in [2.24, 2.45) is 0 Å². The van der Waals surface area contributed by atoms with Gasteiger partial charge >= 0.3 is 0 Å². The lowest BCUT2D eigenvalue weighted by atomic mass is 10.1. The Kier molecular flexibility index (Phi) is 4.93. The van der Waals surface area contributed by atoms with Gasteiger partial charge in [-0.15, -0.1) is 0 Å². The first-order valence-electron chi connectivity index (χ1n) is 6.43. The second-order valence-electron chi connectivity index (χ2n) is 4.77. The van der Waals surface area contributed by atoms with E-state index in [-0.39, 0.29) is 0 Å². The summed E-state index contributed by atoms with van der Waals surface area (Å²) in [5.41, 5.74) is 2.57. The van der Waals surface area contributed by atoms with E-state index in [0.29, 0.717) is 6.04 Å². The summed E-state index contributed by atoms with van der Waals surface area (Å²) in [6, 6.07) is 8.87. The third kappa shape index (κ3) is 4.33. The minimum Gasteiger partial charge on any atom is -0.310 e. The summed E-state index contributed by atoms with van der Waals surface area (Å²) >= 11 is 1.60. The van der Waals surface area contributed by atoms with Crippen molar-refractivity contribution >= 4 is 11.8 Å². The molecule has 0 radical (unpaired) electrons. The average molecular weight is 273 g/mol. The largest absolute Gasteiger partial charge is 0.310 e. The molecule has 0 amide bonds. The zero-order valence-electron chi connectivity index (χ0n) is 11.6. The Morgan fingerprint density at radius 1 is 1.21 bits per heavy atom.